The van der Waals surface area contributed by atoms with Crippen LogP contribution in [-0.2, 0) is 17.6 Å². The first-order valence-corrected chi connectivity index (χ1v) is 9.48. The van der Waals surface area contributed by atoms with Gasteiger partial charge in [-0.1, -0.05) is 24.3 Å². The van der Waals surface area contributed by atoms with Gasteiger partial charge in [-0.25, -0.2) is 0 Å². The minimum absolute atomic E-state index is 0.00509. The first-order chi connectivity index (χ1) is 12.9. The van der Waals surface area contributed by atoms with Gasteiger partial charge in [0, 0.05) is 12.5 Å². The number of rotatable bonds is 7. The van der Waals surface area contributed by atoms with Gasteiger partial charge in [-0.2, -0.15) is 0 Å². The Kier molecular flexibility index (Phi) is 6.01. The summed E-state index contributed by atoms with van der Waals surface area (Å²) in [5.41, 5.74) is 3.14. The topological polar surface area (TPSA) is 72.8 Å². The Bertz CT molecular complexity index is 787. The summed E-state index contributed by atoms with van der Waals surface area (Å²) in [6, 6.07) is 13.0. The van der Waals surface area contributed by atoms with Crippen LogP contribution in [0.5, 0.6) is 11.5 Å². The molecule has 1 aliphatic carbocycles. The standard InChI is InChI=1S/C22H28N2O3/c1-24(2)16(14-15-6-9-17(25)10-7-15)8-13-22(27)23-20-12-11-19-18(20)4-3-5-21(19)26/h3-7,9-10,16,20,25-26H,8,11-14H2,1-2H3,(H,23,27)/t16-,20?/m1/s1. The van der Waals surface area contributed by atoms with Crippen molar-refractivity contribution in [2.45, 2.75) is 44.2 Å². The first kappa shape index (κ1) is 19.2. The second kappa shape index (κ2) is 8.44. The van der Waals surface area contributed by atoms with E-state index in [1.54, 1.807) is 18.2 Å². The zero-order valence-electron chi connectivity index (χ0n) is 16.0. The molecule has 2 aromatic rings. The van der Waals surface area contributed by atoms with E-state index in [1.165, 1.54) is 0 Å². The molecule has 1 aliphatic rings. The van der Waals surface area contributed by atoms with Crippen LogP contribution in [0.2, 0.25) is 0 Å². The van der Waals surface area contributed by atoms with Gasteiger partial charge in [0.1, 0.15) is 11.5 Å². The van der Waals surface area contributed by atoms with E-state index in [0.717, 1.165) is 42.4 Å². The number of fused-ring (bicyclic) bond motifs is 1. The van der Waals surface area contributed by atoms with Crippen LogP contribution in [0.1, 0.15) is 42.0 Å². The van der Waals surface area contributed by atoms with Gasteiger partial charge >= 0.3 is 0 Å². The van der Waals surface area contributed by atoms with Gasteiger partial charge in [0.25, 0.3) is 0 Å². The normalized spacial score (nSPS) is 16.9. The van der Waals surface area contributed by atoms with E-state index >= 15 is 0 Å². The Balaban J connectivity index is 1.54. The lowest BCUT2D eigenvalue weighted by Crippen LogP contribution is -2.33. The second-order valence-electron chi connectivity index (χ2n) is 7.53. The number of hydrogen-bond donors (Lipinski definition) is 3. The van der Waals surface area contributed by atoms with Gasteiger partial charge in [0.2, 0.25) is 5.91 Å². The van der Waals surface area contributed by atoms with Crippen LogP contribution in [-0.4, -0.2) is 41.2 Å². The Morgan fingerprint density at radius 2 is 1.93 bits per heavy atom. The number of phenolic OH excluding ortho intramolecular Hbond substituents is 2. The molecule has 2 aromatic carbocycles. The molecule has 0 fully saturated rings. The van der Waals surface area contributed by atoms with Crippen LogP contribution in [0.15, 0.2) is 42.5 Å². The number of likely N-dealkylation sites (N-methyl/N-ethyl adjacent to an activating group) is 1. The molecule has 0 heterocycles. The van der Waals surface area contributed by atoms with E-state index < -0.39 is 0 Å². The lowest BCUT2D eigenvalue weighted by atomic mass is 10.0. The predicted octanol–water partition coefficient (Wildman–Crippen LogP) is 3.15. The highest BCUT2D eigenvalue weighted by atomic mass is 16.3. The SMILES string of the molecule is CN(C)[C@H](CCC(=O)NC1CCc2c(O)cccc21)Cc1ccc(O)cc1. The molecule has 5 heteroatoms. The number of amides is 1. The molecule has 0 bridgehead atoms. The molecular formula is C22H28N2O3. The summed E-state index contributed by atoms with van der Waals surface area (Å²) in [6.07, 6.45) is 3.70. The average Bonchev–Trinajstić information content (AvgIpc) is 3.04. The first-order valence-electron chi connectivity index (χ1n) is 9.48. The number of phenols is 2. The molecule has 2 atom stereocenters. The maximum atomic E-state index is 12.5. The van der Waals surface area contributed by atoms with Crippen molar-refractivity contribution >= 4 is 5.91 Å². The second-order valence-corrected chi connectivity index (χ2v) is 7.53. The molecule has 144 valence electrons. The minimum atomic E-state index is -0.00509. The zero-order valence-corrected chi connectivity index (χ0v) is 16.0. The highest BCUT2D eigenvalue weighted by Gasteiger charge is 2.26. The van der Waals surface area contributed by atoms with Crippen LogP contribution in [0.25, 0.3) is 0 Å². The van der Waals surface area contributed by atoms with Crippen molar-refractivity contribution in [3.63, 3.8) is 0 Å². The zero-order chi connectivity index (χ0) is 19.4. The van der Waals surface area contributed by atoms with E-state index in [1.807, 2.05) is 38.4 Å². The number of aromatic hydroxyl groups is 2. The maximum Gasteiger partial charge on any atom is 0.220 e. The van der Waals surface area contributed by atoms with Crippen LogP contribution in [0, 0.1) is 0 Å². The van der Waals surface area contributed by atoms with Crippen molar-refractivity contribution in [2.75, 3.05) is 14.1 Å². The third-order valence-corrected chi connectivity index (χ3v) is 5.42. The maximum absolute atomic E-state index is 12.5. The van der Waals surface area contributed by atoms with Crippen molar-refractivity contribution in [2.24, 2.45) is 0 Å². The number of nitrogens with one attached hydrogen (secondary N) is 1. The largest absolute Gasteiger partial charge is 0.508 e. The van der Waals surface area contributed by atoms with Gasteiger partial charge in [0.05, 0.1) is 6.04 Å². The fraction of sp³-hybridized carbons (Fsp3) is 0.409. The molecule has 1 unspecified atom stereocenters. The molecule has 27 heavy (non-hydrogen) atoms. The van der Waals surface area contributed by atoms with Crippen molar-refractivity contribution < 1.29 is 15.0 Å². The minimum Gasteiger partial charge on any atom is -0.508 e. The summed E-state index contributed by atoms with van der Waals surface area (Å²) in [7, 11) is 4.05. The third kappa shape index (κ3) is 4.80. The van der Waals surface area contributed by atoms with E-state index in [-0.39, 0.29) is 23.7 Å². The van der Waals surface area contributed by atoms with Crippen molar-refractivity contribution in [3.8, 4) is 11.5 Å². The average molecular weight is 368 g/mol. The molecule has 3 N–H and O–H groups in total. The van der Waals surface area contributed by atoms with Gasteiger partial charge in [-0.15, -0.1) is 0 Å². The van der Waals surface area contributed by atoms with E-state index in [9.17, 15) is 15.0 Å². The van der Waals surface area contributed by atoms with Gasteiger partial charge in [-0.05, 0) is 74.7 Å². The van der Waals surface area contributed by atoms with Crippen molar-refractivity contribution in [1.29, 1.82) is 0 Å². The quantitative estimate of drug-likeness (QED) is 0.702. The molecule has 0 radical (unpaired) electrons. The van der Waals surface area contributed by atoms with E-state index in [0.29, 0.717) is 12.2 Å². The van der Waals surface area contributed by atoms with Gasteiger partial charge in [-0.3, -0.25) is 4.79 Å². The monoisotopic (exact) mass is 368 g/mol. The lowest BCUT2D eigenvalue weighted by Gasteiger charge is -2.24. The lowest BCUT2D eigenvalue weighted by molar-refractivity contribution is -0.122. The smallest absolute Gasteiger partial charge is 0.220 e. The Labute approximate surface area is 160 Å². The molecule has 0 saturated heterocycles. The highest BCUT2D eigenvalue weighted by Crippen LogP contribution is 2.36. The molecule has 3 rings (SSSR count). The molecule has 5 nitrogen and oxygen atoms in total. The predicted molar refractivity (Wildman–Crippen MR) is 106 cm³/mol. The Morgan fingerprint density at radius 3 is 2.63 bits per heavy atom. The van der Waals surface area contributed by atoms with Crippen LogP contribution in [0.4, 0.5) is 0 Å². The molecule has 1 amide bonds. The summed E-state index contributed by atoms with van der Waals surface area (Å²) in [6.45, 7) is 0. The van der Waals surface area contributed by atoms with E-state index in [4.69, 9.17) is 0 Å². The summed E-state index contributed by atoms with van der Waals surface area (Å²) < 4.78 is 0. The third-order valence-electron chi connectivity index (χ3n) is 5.42. The number of hydrogen-bond acceptors (Lipinski definition) is 4. The van der Waals surface area contributed by atoms with E-state index in [2.05, 4.69) is 10.2 Å². The van der Waals surface area contributed by atoms with Gasteiger partial charge in [0.15, 0.2) is 0 Å². The fourth-order valence-electron chi connectivity index (χ4n) is 3.80. The van der Waals surface area contributed by atoms with Crippen molar-refractivity contribution in [3.05, 3.63) is 59.2 Å². The van der Waals surface area contributed by atoms with Gasteiger partial charge < -0.3 is 20.4 Å². The molecule has 0 aromatic heterocycles. The fourth-order valence-corrected chi connectivity index (χ4v) is 3.80. The molecular weight excluding hydrogens is 340 g/mol. The van der Waals surface area contributed by atoms with Crippen LogP contribution >= 0.6 is 0 Å². The van der Waals surface area contributed by atoms with Crippen LogP contribution < -0.4 is 5.32 Å². The molecule has 0 aliphatic heterocycles. The number of carbonyl (C=O) groups is 1. The summed E-state index contributed by atoms with van der Waals surface area (Å²) in [4.78, 5) is 14.6. The molecule has 0 spiro atoms. The highest BCUT2D eigenvalue weighted by molar-refractivity contribution is 5.76. The van der Waals surface area contributed by atoms with Crippen molar-refractivity contribution in [1.82, 2.24) is 10.2 Å². The summed E-state index contributed by atoms with van der Waals surface area (Å²) >= 11 is 0. The number of carbonyl (C=O) groups excluding carboxylic acids is 1. The number of nitrogens with zero attached hydrogens (tertiary/aromatic N) is 1. The molecule has 0 saturated carbocycles. The van der Waals surface area contributed by atoms with Crippen LogP contribution in [0.3, 0.4) is 0 Å². The Hall–Kier alpha value is -2.53. The number of benzene rings is 2. The summed E-state index contributed by atoms with van der Waals surface area (Å²) in [5.74, 6) is 0.641. The Morgan fingerprint density at radius 1 is 1.19 bits per heavy atom. The summed E-state index contributed by atoms with van der Waals surface area (Å²) in [5, 5.41) is 22.5.